The lowest BCUT2D eigenvalue weighted by Gasteiger charge is -2.26. The van der Waals surface area contributed by atoms with Gasteiger partial charge in [-0.2, -0.15) is 0 Å². The highest BCUT2D eigenvalue weighted by molar-refractivity contribution is 7.80. The Morgan fingerprint density at radius 1 is 0.952 bits per heavy atom. The maximum Gasteiger partial charge on any atom is 0.262 e. The summed E-state index contributed by atoms with van der Waals surface area (Å²) in [5.41, 5.74) is 3.08. The second-order valence-electron chi connectivity index (χ2n) is 9.52. The van der Waals surface area contributed by atoms with E-state index >= 15 is 0 Å². The van der Waals surface area contributed by atoms with Crippen LogP contribution in [0.3, 0.4) is 0 Å². The lowest BCUT2D eigenvalue weighted by Crippen LogP contribution is -2.29. The van der Waals surface area contributed by atoms with E-state index in [4.69, 9.17) is 44.6 Å². The van der Waals surface area contributed by atoms with Gasteiger partial charge in [0, 0.05) is 23.1 Å². The number of anilines is 2. The van der Waals surface area contributed by atoms with Gasteiger partial charge in [-0.3, -0.25) is 9.78 Å². The number of aromatic nitrogens is 1. The molecule has 0 spiro atoms. The van der Waals surface area contributed by atoms with E-state index in [0.717, 1.165) is 16.9 Å². The van der Waals surface area contributed by atoms with Gasteiger partial charge in [-0.25, -0.2) is 0 Å². The van der Waals surface area contributed by atoms with E-state index < -0.39 is 0 Å². The molecule has 210 valence electrons. The third-order valence-corrected chi connectivity index (χ3v) is 7.82. The van der Waals surface area contributed by atoms with E-state index in [2.05, 4.69) is 15.6 Å². The molecule has 1 aliphatic rings. The van der Waals surface area contributed by atoms with Crippen molar-refractivity contribution < 1.29 is 13.9 Å². The lowest BCUT2D eigenvalue weighted by molar-refractivity contribution is -0.118. The number of nitrogens with one attached hydrogen (secondary N) is 2. The van der Waals surface area contributed by atoms with Crippen molar-refractivity contribution in [2.75, 3.05) is 16.8 Å². The zero-order chi connectivity index (χ0) is 29.1. The van der Waals surface area contributed by atoms with Crippen molar-refractivity contribution in [3.8, 4) is 17.1 Å². The Hall–Kier alpha value is -4.37. The lowest BCUT2D eigenvalue weighted by atomic mass is 10.0. The molecule has 3 heterocycles. The molecule has 0 bridgehead atoms. The summed E-state index contributed by atoms with van der Waals surface area (Å²) < 4.78 is 11.9. The number of nitrogens with zero attached hydrogens (tertiary/aromatic N) is 2. The van der Waals surface area contributed by atoms with Crippen LogP contribution in [0.2, 0.25) is 10.0 Å². The Morgan fingerprint density at radius 2 is 1.74 bits per heavy atom. The summed E-state index contributed by atoms with van der Waals surface area (Å²) in [6.45, 7) is -0.0978. The number of pyridine rings is 1. The first-order chi connectivity index (χ1) is 20.5. The van der Waals surface area contributed by atoms with Crippen LogP contribution >= 0.6 is 35.4 Å². The first-order valence-corrected chi connectivity index (χ1v) is 14.3. The molecule has 1 fully saturated rings. The van der Waals surface area contributed by atoms with Crippen molar-refractivity contribution in [1.82, 2.24) is 10.3 Å². The Labute approximate surface area is 258 Å². The average molecular weight is 616 g/mol. The molecule has 0 aliphatic carbocycles. The van der Waals surface area contributed by atoms with Crippen LogP contribution in [0.1, 0.15) is 23.5 Å². The SMILES string of the molecule is O=C(COc1ccccc1)Nc1ccc(N2C(=S)N[C@@H](c3ccccn3)[C@H]2c2ccc(-c3ccc(Cl)c(Cl)c3)o2)cc1. The van der Waals surface area contributed by atoms with Gasteiger partial charge in [0.05, 0.1) is 21.8 Å². The molecule has 5 aromatic rings. The van der Waals surface area contributed by atoms with Crippen molar-refractivity contribution in [1.29, 1.82) is 0 Å². The largest absolute Gasteiger partial charge is 0.484 e. The summed E-state index contributed by atoms with van der Waals surface area (Å²) in [6.07, 6.45) is 1.75. The second-order valence-corrected chi connectivity index (χ2v) is 10.7. The topological polar surface area (TPSA) is 79.6 Å². The zero-order valence-corrected chi connectivity index (χ0v) is 24.4. The predicted octanol–water partition coefficient (Wildman–Crippen LogP) is 7.84. The second kappa shape index (κ2) is 12.2. The number of benzene rings is 3. The van der Waals surface area contributed by atoms with Gasteiger partial charge in [0.15, 0.2) is 11.7 Å². The Balaban J connectivity index is 1.26. The Bertz CT molecular complexity index is 1720. The van der Waals surface area contributed by atoms with Gasteiger partial charge >= 0.3 is 0 Å². The minimum absolute atomic E-state index is 0.0978. The highest BCUT2D eigenvalue weighted by Crippen LogP contribution is 2.43. The summed E-state index contributed by atoms with van der Waals surface area (Å²) in [5.74, 6) is 1.71. The number of amides is 1. The normalized spacial score (nSPS) is 16.2. The van der Waals surface area contributed by atoms with Gasteiger partial charge < -0.3 is 24.7 Å². The fraction of sp³-hybridized carbons (Fsp3) is 0.0938. The number of carbonyl (C=O) groups excluding carboxylic acids is 1. The Kier molecular flexibility index (Phi) is 8.10. The summed E-state index contributed by atoms with van der Waals surface area (Å²) in [4.78, 5) is 19.0. The molecular formula is C32H24Cl2N4O3S. The number of rotatable bonds is 8. The monoisotopic (exact) mass is 614 g/mol. The van der Waals surface area contributed by atoms with Crippen LogP contribution in [-0.2, 0) is 4.79 Å². The predicted molar refractivity (Wildman–Crippen MR) is 169 cm³/mol. The number of thiocarbonyl (C=S) groups is 1. The number of para-hydroxylation sites is 1. The molecule has 42 heavy (non-hydrogen) atoms. The number of hydrogen-bond acceptors (Lipinski definition) is 5. The minimum atomic E-state index is -0.344. The molecule has 7 nitrogen and oxygen atoms in total. The van der Waals surface area contributed by atoms with Crippen LogP contribution in [0, 0.1) is 0 Å². The molecule has 2 N–H and O–H groups in total. The zero-order valence-electron chi connectivity index (χ0n) is 22.0. The standard InChI is InChI=1S/C32H24Cl2N4O3S/c33-24-14-9-20(18-25(24)34)27-15-16-28(41-27)31-30(26-8-4-5-17-35-26)37-32(42)38(31)22-12-10-21(11-13-22)36-29(39)19-40-23-6-2-1-3-7-23/h1-18,30-31H,19H2,(H,36,39)(H,37,42)/t30-,31+/m0/s1. The summed E-state index contributed by atoms with van der Waals surface area (Å²) >= 11 is 18.2. The van der Waals surface area contributed by atoms with Crippen LogP contribution in [0.25, 0.3) is 11.3 Å². The van der Waals surface area contributed by atoms with E-state index in [-0.39, 0.29) is 24.6 Å². The van der Waals surface area contributed by atoms with Crippen LogP contribution in [-0.4, -0.2) is 22.6 Å². The summed E-state index contributed by atoms with van der Waals surface area (Å²) in [5, 5.41) is 7.74. The van der Waals surface area contributed by atoms with Gasteiger partial charge in [-0.1, -0.05) is 47.5 Å². The minimum Gasteiger partial charge on any atom is -0.484 e. The highest BCUT2D eigenvalue weighted by atomic mass is 35.5. The fourth-order valence-electron chi connectivity index (χ4n) is 4.81. The van der Waals surface area contributed by atoms with E-state index in [1.165, 1.54) is 0 Å². The molecule has 0 radical (unpaired) electrons. The van der Waals surface area contributed by atoms with Crippen LogP contribution < -0.4 is 20.3 Å². The third-order valence-electron chi connectivity index (χ3n) is 6.76. The number of carbonyl (C=O) groups is 1. The van der Waals surface area contributed by atoms with Gasteiger partial charge in [0.2, 0.25) is 0 Å². The molecular weight excluding hydrogens is 591 g/mol. The number of halogens is 2. The molecule has 1 aliphatic heterocycles. The number of hydrogen-bond donors (Lipinski definition) is 2. The van der Waals surface area contributed by atoms with Crippen molar-refractivity contribution in [3.63, 3.8) is 0 Å². The van der Waals surface area contributed by atoms with E-state index in [1.54, 1.807) is 30.5 Å². The molecule has 6 rings (SSSR count). The maximum atomic E-state index is 12.5. The maximum absolute atomic E-state index is 12.5. The van der Waals surface area contributed by atoms with Crippen molar-refractivity contribution in [3.05, 3.63) is 131 Å². The van der Waals surface area contributed by atoms with Gasteiger partial charge in [0.1, 0.15) is 23.3 Å². The third kappa shape index (κ3) is 5.97. The van der Waals surface area contributed by atoms with Crippen LogP contribution in [0.5, 0.6) is 5.75 Å². The quantitative estimate of drug-likeness (QED) is 0.172. The van der Waals surface area contributed by atoms with E-state index in [1.807, 2.05) is 83.8 Å². The van der Waals surface area contributed by atoms with E-state index in [9.17, 15) is 4.79 Å². The highest BCUT2D eigenvalue weighted by Gasteiger charge is 2.42. The average Bonchev–Trinajstić information content (AvgIpc) is 3.64. The molecule has 0 saturated carbocycles. The molecule has 0 unspecified atom stereocenters. The summed E-state index contributed by atoms with van der Waals surface area (Å²) in [7, 11) is 0. The molecule has 3 aromatic carbocycles. The first-order valence-electron chi connectivity index (χ1n) is 13.1. The van der Waals surface area contributed by atoms with Crippen molar-refractivity contribution >= 4 is 57.8 Å². The molecule has 1 amide bonds. The van der Waals surface area contributed by atoms with Gasteiger partial charge in [-0.15, -0.1) is 0 Å². The first kappa shape index (κ1) is 27.8. The van der Waals surface area contributed by atoms with Crippen molar-refractivity contribution in [2.24, 2.45) is 0 Å². The molecule has 10 heteroatoms. The van der Waals surface area contributed by atoms with E-state index in [0.29, 0.717) is 38.1 Å². The summed E-state index contributed by atoms with van der Waals surface area (Å²) in [6, 6.07) is 31.0. The van der Waals surface area contributed by atoms with Crippen LogP contribution in [0.15, 0.2) is 114 Å². The van der Waals surface area contributed by atoms with Crippen LogP contribution in [0.4, 0.5) is 11.4 Å². The molecule has 1 saturated heterocycles. The number of furan rings is 1. The van der Waals surface area contributed by atoms with Crippen molar-refractivity contribution in [2.45, 2.75) is 12.1 Å². The fourth-order valence-corrected chi connectivity index (χ4v) is 5.45. The van der Waals surface area contributed by atoms with Gasteiger partial charge in [-0.05, 0) is 91.1 Å². The smallest absolute Gasteiger partial charge is 0.262 e. The molecule has 2 atom stereocenters. The Morgan fingerprint density at radius 3 is 2.48 bits per heavy atom. The molecule has 2 aromatic heterocycles. The van der Waals surface area contributed by atoms with Gasteiger partial charge in [0.25, 0.3) is 5.91 Å². The number of ether oxygens (including phenoxy) is 1.